The Morgan fingerprint density at radius 3 is 2.25 bits per heavy atom. The predicted octanol–water partition coefficient (Wildman–Crippen LogP) is 3.64. The summed E-state index contributed by atoms with van der Waals surface area (Å²) in [6, 6.07) is 18.1. The first kappa shape index (κ1) is 14.2. The Balaban J connectivity index is 1.71. The summed E-state index contributed by atoms with van der Waals surface area (Å²) in [6.45, 7) is 0. The topological polar surface area (TPSA) is 52.6 Å². The Morgan fingerprint density at radius 1 is 0.875 bits per heavy atom. The fourth-order valence-corrected chi connectivity index (χ4v) is 2.70. The lowest BCUT2D eigenvalue weighted by molar-refractivity contribution is -0.135. The van der Waals surface area contributed by atoms with Crippen LogP contribution in [-0.4, -0.2) is 11.9 Å². The summed E-state index contributed by atoms with van der Waals surface area (Å²) in [4.78, 5) is 24.4. The van der Waals surface area contributed by atoms with E-state index in [4.69, 9.17) is 9.47 Å². The molecule has 1 heterocycles. The number of fused-ring (bicyclic) bond motifs is 1. The SMILES string of the molecule is O=C1OC2=CC=C(c3ccccc3)C2=C1OC(=O)c1ccccc1. The van der Waals surface area contributed by atoms with E-state index in [0.717, 1.165) is 11.1 Å². The van der Waals surface area contributed by atoms with Crippen molar-refractivity contribution in [2.75, 3.05) is 0 Å². The highest BCUT2D eigenvalue weighted by Crippen LogP contribution is 2.41. The van der Waals surface area contributed by atoms with Crippen molar-refractivity contribution in [3.05, 3.63) is 101 Å². The highest BCUT2D eigenvalue weighted by atomic mass is 16.6. The second-order valence-electron chi connectivity index (χ2n) is 5.33. The number of ether oxygens (including phenoxy) is 2. The minimum Gasteiger partial charge on any atom is -0.420 e. The average Bonchev–Trinajstić information content (AvgIpc) is 3.16. The molecule has 4 nitrogen and oxygen atoms in total. The summed E-state index contributed by atoms with van der Waals surface area (Å²) < 4.78 is 10.6. The average molecular weight is 316 g/mol. The first-order valence-corrected chi connectivity index (χ1v) is 7.46. The lowest BCUT2D eigenvalue weighted by Gasteiger charge is -2.07. The van der Waals surface area contributed by atoms with Gasteiger partial charge in [-0.25, -0.2) is 9.59 Å². The van der Waals surface area contributed by atoms with Gasteiger partial charge in [-0.3, -0.25) is 0 Å². The molecular formula is C20H12O4. The van der Waals surface area contributed by atoms with E-state index < -0.39 is 11.9 Å². The van der Waals surface area contributed by atoms with Gasteiger partial charge in [0.25, 0.3) is 0 Å². The standard InChI is InChI=1S/C20H12O4/c21-19(14-9-5-2-6-10-14)24-18-17-15(13-7-3-1-4-8-13)11-12-16(17)23-20(18)22/h1-12H. The number of esters is 2. The first-order chi connectivity index (χ1) is 11.7. The molecule has 2 aliphatic rings. The smallest absolute Gasteiger partial charge is 0.380 e. The van der Waals surface area contributed by atoms with Gasteiger partial charge < -0.3 is 9.47 Å². The maximum Gasteiger partial charge on any atom is 0.380 e. The Labute approximate surface area is 138 Å². The van der Waals surface area contributed by atoms with Crippen molar-refractivity contribution in [3.63, 3.8) is 0 Å². The molecule has 0 amide bonds. The molecular weight excluding hydrogens is 304 g/mol. The first-order valence-electron chi connectivity index (χ1n) is 7.46. The third kappa shape index (κ3) is 2.34. The molecule has 0 bridgehead atoms. The minimum absolute atomic E-state index is 0.0669. The van der Waals surface area contributed by atoms with Crippen molar-refractivity contribution in [2.24, 2.45) is 0 Å². The zero-order valence-electron chi connectivity index (χ0n) is 12.6. The molecule has 0 saturated heterocycles. The van der Waals surface area contributed by atoms with Crippen LogP contribution in [-0.2, 0) is 14.3 Å². The maximum atomic E-state index is 12.3. The molecule has 0 aromatic heterocycles. The largest absolute Gasteiger partial charge is 0.420 e. The van der Waals surface area contributed by atoms with Crippen molar-refractivity contribution in [3.8, 4) is 0 Å². The third-order valence-corrected chi connectivity index (χ3v) is 3.82. The maximum absolute atomic E-state index is 12.3. The van der Waals surface area contributed by atoms with Crippen LogP contribution in [0.2, 0.25) is 0 Å². The van der Waals surface area contributed by atoms with Gasteiger partial charge in [0.15, 0.2) is 0 Å². The molecule has 2 aromatic rings. The molecule has 0 spiro atoms. The van der Waals surface area contributed by atoms with Gasteiger partial charge in [0.2, 0.25) is 5.76 Å². The van der Waals surface area contributed by atoms with Crippen molar-refractivity contribution >= 4 is 17.5 Å². The van der Waals surface area contributed by atoms with Crippen LogP contribution >= 0.6 is 0 Å². The highest BCUT2D eigenvalue weighted by Gasteiger charge is 2.37. The van der Waals surface area contributed by atoms with Crippen molar-refractivity contribution < 1.29 is 19.1 Å². The Kier molecular flexibility index (Phi) is 3.35. The van der Waals surface area contributed by atoms with Crippen LogP contribution in [0, 0.1) is 0 Å². The molecule has 116 valence electrons. The molecule has 0 radical (unpaired) electrons. The van der Waals surface area contributed by atoms with Crippen LogP contribution in [0.1, 0.15) is 15.9 Å². The predicted molar refractivity (Wildman–Crippen MR) is 87.5 cm³/mol. The molecule has 1 aliphatic heterocycles. The van der Waals surface area contributed by atoms with Gasteiger partial charge in [-0.15, -0.1) is 0 Å². The van der Waals surface area contributed by atoms with Crippen molar-refractivity contribution in [2.45, 2.75) is 0 Å². The monoisotopic (exact) mass is 316 g/mol. The van der Waals surface area contributed by atoms with E-state index in [1.807, 2.05) is 36.4 Å². The summed E-state index contributed by atoms with van der Waals surface area (Å²) in [5.41, 5.74) is 2.62. The Bertz CT molecular complexity index is 919. The molecule has 0 saturated carbocycles. The Morgan fingerprint density at radius 2 is 1.54 bits per heavy atom. The van der Waals surface area contributed by atoms with Gasteiger partial charge in [0.1, 0.15) is 5.76 Å². The van der Waals surface area contributed by atoms with E-state index in [2.05, 4.69) is 0 Å². The van der Waals surface area contributed by atoms with Crippen LogP contribution in [0.4, 0.5) is 0 Å². The number of carbonyl (C=O) groups excluding carboxylic acids is 2. The molecule has 4 rings (SSSR count). The number of rotatable bonds is 3. The molecule has 1 aliphatic carbocycles. The molecule has 0 fully saturated rings. The number of carbonyl (C=O) groups is 2. The van der Waals surface area contributed by atoms with Crippen molar-refractivity contribution in [1.82, 2.24) is 0 Å². The van der Waals surface area contributed by atoms with Gasteiger partial charge in [0.05, 0.1) is 11.1 Å². The van der Waals surface area contributed by atoms with Gasteiger partial charge >= 0.3 is 11.9 Å². The summed E-state index contributed by atoms with van der Waals surface area (Å²) in [6.07, 6.45) is 3.56. The number of hydrogen-bond acceptors (Lipinski definition) is 4. The summed E-state index contributed by atoms with van der Waals surface area (Å²) in [5, 5.41) is 0. The van der Waals surface area contributed by atoms with E-state index >= 15 is 0 Å². The van der Waals surface area contributed by atoms with E-state index in [9.17, 15) is 9.59 Å². The minimum atomic E-state index is -0.651. The van der Waals surface area contributed by atoms with E-state index in [1.165, 1.54) is 0 Å². The van der Waals surface area contributed by atoms with Crippen LogP contribution < -0.4 is 0 Å². The molecule has 2 aromatic carbocycles. The zero-order valence-corrected chi connectivity index (χ0v) is 12.6. The quantitative estimate of drug-likeness (QED) is 0.811. The molecule has 0 atom stereocenters. The van der Waals surface area contributed by atoms with E-state index in [1.54, 1.807) is 36.4 Å². The van der Waals surface area contributed by atoms with E-state index in [-0.39, 0.29) is 5.76 Å². The zero-order chi connectivity index (χ0) is 16.5. The van der Waals surface area contributed by atoms with Crippen LogP contribution in [0.3, 0.4) is 0 Å². The van der Waals surface area contributed by atoms with Gasteiger partial charge in [-0.1, -0.05) is 48.5 Å². The third-order valence-electron chi connectivity index (χ3n) is 3.82. The van der Waals surface area contributed by atoms with Crippen molar-refractivity contribution in [1.29, 1.82) is 0 Å². The highest BCUT2D eigenvalue weighted by molar-refractivity contribution is 6.05. The normalized spacial score (nSPS) is 15.6. The fraction of sp³-hybridized carbons (Fsp3) is 0. The molecule has 4 heteroatoms. The second kappa shape index (κ2) is 5.66. The molecule has 24 heavy (non-hydrogen) atoms. The van der Waals surface area contributed by atoms with Crippen LogP contribution in [0.5, 0.6) is 0 Å². The summed E-state index contributed by atoms with van der Waals surface area (Å²) in [5.74, 6) is -0.893. The lowest BCUT2D eigenvalue weighted by Crippen LogP contribution is -2.11. The van der Waals surface area contributed by atoms with Gasteiger partial charge in [-0.2, -0.15) is 0 Å². The number of benzene rings is 2. The molecule has 0 N–H and O–H groups in total. The van der Waals surface area contributed by atoms with Crippen LogP contribution in [0.15, 0.2) is 89.9 Å². The van der Waals surface area contributed by atoms with Gasteiger partial charge in [-0.05, 0) is 35.4 Å². The van der Waals surface area contributed by atoms with Crippen LogP contribution in [0.25, 0.3) is 5.57 Å². The Hall–Kier alpha value is -3.40. The molecule has 0 unspecified atom stereocenters. The fourth-order valence-electron chi connectivity index (χ4n) is 2.70. The van der Waals surface area contributed by atoms with Gasteiger partial charge in [0, 0.05) is 0 Å². The number of hydrogen-bond donors (Lipinski definition) is 0. The number of allylic oxidation sites excluding steroid dienone is 3. The lowest BCUT2D eigenvalue weighted by atomic mass is 10.00. The summed E-state index contributed by atoms with van der Waals surface area (Å²) in [7, 11) is 0. The second-order valence-corrected chi connectivity index (χ2v) is 5.33. The van der Waals surface area contributed by atoms with E-state index in [0.29, 0.717) is 16.9 Å². The summed E-state index contributed by atoms with van der Waals surface area (Å²) >= 11 is 0.